The number of aliphatic carboxylic acids is 1. The van der Waals surface area contributed by atoms with Crippen LogP contribution in [0.3, 0.4) is 0 Å². The van der Waals surface area contributed by atoms with Crippen molar-refractivity contribution in [3.8, 4) is 0 Å². The first kappa shape index (κ1) is 10.2. The van der Waals surface area contributed by atoms with Crippen molar-refractivity contribution in [1.29, 1.82) is 0 Å². The number of rotatable bonds is 7. The van der Waals surface area contributed by atoms with Crippen LogP contribution in [0.5, 0.6) is 0 Å². The second-order valence-corrected chi connectivity index (χ2v) is 3.72. The van der Waals surface area contributed by atoms with Gasteiger partial charge in [0.2, 0.25) is 0 Å². The highest BCUT2D eigenvalue weighted by atomic mass is 16.4. The molecule has 0 saturated heterocycles. The first-order chi connectivity index (χ1) is 6.12. The maximum atomic E-state index is 10.2. The third-order valence-electron chi connectivity index (χ3n) is 2.23. The summed E-state index contributed by atoms with van der Waals surface area (Å²) in [4.78, 5) is 10.2. The largest absolute Gasteiger partial charge is 0.481 e. The molecule has 1 heterocycles. The lowest BCUT2D eigenvalue weighted by molar-refractivity contribution is -0.137. The Balaban J connectivity index is 1.82. The molecule has 1 aliphatic heterocycles. The molecule has 4 heteroatoms. The minimum absolute atomic E-state index is 0.0766. The smallest absolute Gasteiger partial charge is 0.303 e. The maximum Gasteiger partial charge on any atom is 0.303 e. The normalized spacial score (nSPS) is 17.3. The molecule has 0 radical (unpaired) electrons. The van der Waals surface area contributed by atoms with Gasteiger partial charge < -0.3 is 5.11 Å². The van der Waals surface area contributed by atoms with Crippen LogP contribution in [0.25, 0.3) is 0 Å². The highest BCUT2D eigenvalue weighted by Gasteiger charge is 2.32. The molecule has 13 heavy (non-hydrogen) atoms. The lowest BCUT2D eigenvalue weighted by Crippen LogP contribution is -2.02. The predicted molar refractivity (Wildman–Crippen MR) is 48.6 cm³/mol. The van der Waals surface area contributed by atoms with E-state index in [0.29, 0.717) is 6.42 Å². The average Bonchev–Trinajstić information content (AvgIpc) is 2.76. The summed E-state index contributed by atoms with van der Waals surface area (Å²) in [6.07, 6.45) is 5.30. The van der Waals surface area contributed by atoms with E-state index < -0.39 is 5.97 Å². The van der Waals surface area contributed by atoms with Gasteiger partial charge in [0.1, 0.15) is 0 Å². The predicted octanol–water partition coefficient (Wildman–Crippen LogP) is 2.59. The van der Waals surface area contributed by atoms with Gasteiger partial charge in [0.15, 0.2) is 5.66 Å². The molecule has 0 unspecified atom stereocenters. The van der Waals surface area contributed by atoms with Gasteiger partial charge in [-0.1, -0.05) is 12.8 Å². The van der Waals surface area contributed by atoms with Crippen LogP contribution in [-0.4, -0.2) is 16.7 Å². The quantitative estimate of drug-likeness (QED) is 0.618. The van der Waals surface area contributed by atoms with E-state index in [0.717, 1.165) is 32.1 Å². The van der Waals surface area contributed by atoms with Crippen molar-refractivity contribution in [2.75, 3.05) is 0 Å². The lowest BCUT2D eigenvalue weighted by Gasteiger charge is -2.02. The van der Waals surface area contributed by atoms with Gasteiger partial charge >= 0.3 is 5.97 Å². The van der Waals surface area contributed by atoms with E-state index in [1.54, 1.807) is 0 Å². The second kappa shape index (κ2) is 4.35. The van der Waals surface area contributed by atoms with Gasteiger partial charge in [-0.2, -0.15) is 10.2 Å². The fourth-order valence-corrected chi connectivity index (χ4v) is 1.28. The summed E-state index contributed by atoms with van der Waals surface area (Å²) in [5, 5.41) is 16.2. The Hall–Kier alpha value is -0.930. The van der Waals surface area contributed by atoms with Gasteiger partial charge in [-0.3, -0.25) is 4.79 Å². The van der Waals surface area contributed by atoms with Crippen LogP contribution in [-0.2, 0) is 4.79 Å². The summed E-state index contributed by atoms with van der Waals surface area (Å²) in [5.41, 5.74) is -0.0766. The molecule has 0 aromatic carbocycles. The van der Waals surface area contributed by atoms with Gasteiger partial charge in [-0.25, -0.2) is 0 Å². The lowest BCUT2D eigenvalue weighted by atomic mass is 10.1. The molecule has 0 amide bonds. The summed E-state index contributed by atoms with van der Waals surface area (Å²) >= 11 is 0. The topological polar surface area (TPSA) is 62.0 Å². The first-order valence-corrected chi connectivity index (χ1v) is 4.78. The molecule has 0 aromatic heterocycles. The molecule has 1 rings (SSSR count). The molecule has 0 aromatic rings. The Kier molecular flexibility index (Phi) is 3.39. The molecule has 4 nitrogen and oxygen atoms in total. The SMILES string of the molecule is CC1(CCCCCCC(=O)O)N=N1. The molecular weight excluding hydrogens is 168 g/mol. The number of nitrogens with zero attached hydrogens (tertiary/aromatic N) is 2. The second-order valence-electron chi connectivity index (χ2n) is 3.72. The molecule has 0 fully saturated rings. The third-order valence-corrected chi connectivity index (χ3v) is 2.23. The molecule has 0 spiro atoms. The zero-order chi connectivity index (χ0) is 9.73. The van der Waals surface area contributed by atoms with Crippen LogP contribution in [0.1, 0.15) is 45.4 Å². The minimum atomic E-state index is -0.695. The Morgan fingerprint density at radius 2 is 1.85 bits per heavy atom. The van der Waals surface area contributed by atoms with Crippen LogP contribution in [0, 0.1) is 0 Å². The van der Waals surface area contributed by atoms with E-state index in [1.165, 1.54) is 0 Å². The van der Waals surface area contributed by atoms with Crippen molar-refractivity contribution < 1.29 is 9.90 Å². The van der Waals surface area contributed by atoms with Crippen molar-refractivity contribution in [2.24, 2.45) is 10.2 Å². The average molecular weight is 184 g/mol. The van der Waals surface area contributed by atoms with Crippen molar-refractivity contribution in [2.45, 2.75) is 51.1 Å². The van der Waals surface area contributed by atoms with E-state index in [2.05, 4.69) is 10.2 Å². The summed E-state index contributed by atoms with van der Waals surface area (Å²) in [7, 11) is 0. The van der Waals surface area contributed by atoms with Crippen LogP contribution in [0.4, 0.5) is 0 Å². The molecule has 0 saturated carbocycles. The summed E-state index contributed by atoms with van der Waals surface area (Å²) in [5.74, 6) is -0.695. The molecule has 1 N–H and O–H groups in total. The van der Waals surface area contributed by atoms with Crippen molar-refractivity contribution in [3.63, 3.8) is 0 Å². The summed E-state index contributed by atoms with van der Waals surface area (Å²) in [6, 6.07) is 0. The van der Waals surface area contributed by atoms with E-state index >= 15 is 0 Å². The molecule has 1 aliphatic rings. The van der Waals surface area contributed by atoms with E-state index in [-0.39, 0.29) is 5.66 Å². The monoisotopic (exact) mass is 184 g/mol. The minimum Gasteiger partial charge on any atom is -0.481 e. The van der Waals surface area contributed by atoms with Gasteiger partial charge in [-0.05, 0) is 26.2 Å². The number of hydrogen-bond donors (Lipinski definition) is 1. The Morgan fingerprint density at radius 1 is 1.23 bits per heavy atom. The number of carboxylic acids is 1. The standard InChI is InChI=1S/C9H16N2O2/c1-9(10-11-9)7-5-3-2-4-6-8(12)13/h2-7H2,1H3,(H,12,13). The van der Waals surface area contributed by atoms with Crippen molar-refractivity contribution >= 4 is 5.97 Å². The fourth-order valence-electron chi connectivity index (χ4n) is 1.28. The van der Waals surface area contributed by atoms with Gasteiger partial charge in [0.05, 0.1) is 0 Å². The molecule has 0 atom stereocenters. The number of carboxylic acid groups (broad SMARTS) is 1. The van der Waals surface area contributed by atoms with Gasteiger partial charge in [0.25, 0.3) is 0 Å². The van der Waals surface area contributed by atoms with Gasteiger partial charge in [-0.15, -0.1) is 0 Å². The zero-order valence-electron chi connectivity index (χ0n) is 7.99. The summed E-state index contributed by atoms with van der Waals surface area (Å²) in [6.45, 7) is 2.02. The molecule has 0 bridgehead atoms. The highest BCUT2D eigenvalue weighted by molar-refractivity contribution is 5.66. The Bertz CT molecular complexity index is 208. The molecule has 74 valence electrons. The van der Waals surface area contributed by atoms with E-state index in [4.69, 9.17) is 5.11 Å². The number of carbonyl (C=O) groups is 1. The van der Waals surface area contributed by atoms with E-state index in [1.807, 2.05) is 6.92 Å². The Morgan fingerprint density at radius 3 is 2.38 bits per heavy atom. The maximum absolute atomic E-state index is 10.2. The number of unbranched alkanes of at least 4 members (excludes halogenated alkanes) is 3. The third kappa shape index (κ3) is 4.60. The van der Waals surface area contributed by atoms with Crippen LogP contribution in [0.15, 0.2) is 10.2 Å². The zero-order valence-corrected chi connectivity index (χ0v) is 7.99. The highest BCUT2D eigenvalue weighted by Crippen LogP contribution is 2.32. The first-order valence-electron chi connectivity index (χ1n) is 4.78. The van der Waals surface area contributed by atoms with Gasteiger partial charge in [0, 0.05) is 6.42 Å². The molecular formula is C9H16N2O2. The fraction of sp³-hybridized carbons (Fsp3) is 0.889. The van der Waals surface area contributed by atoms with E-state index in [9.17, 15) is 4.79 Å². The van der Waals surface area contributed by atoms with Crippen LogP contribution < -0.4 is 0 Å². The van der Waals surface area contributed by atoms with Crippen LogP contribution in [0.2, 0.25) is 0 Å². The number of hydrogen-bond acceptors (Lipinski definition) is 3. The summed E-state index contributed by atoms with van der Waals surface area (Å²) < 4.78 is 0. The molecule has 0 aliphatic carbocycles. The van der Waals surface area contributed by atoms with Crippen molar-refractivity contribution in [3.05, 3.63) is 0 Å². The Labute approximate surface area is 78.1 Å². The van der Waals surface area contributed by atoms with Crippen molar-refractivity contribution in [1.82, 2.24) is 0 Å². The van der Waals surface area contributed by atoms with Crippen LogP contribution >= 0.6 is 0 Å².